The lowest BCUT2D eigenvalue weighted by molar-refractivity contribution is 0.137. The van der Waals surface area contributed by atoms with E-state index in [2.05, 4.69) is 31.2 Å². The number of hydrogen-bond donors (Lipinski definition) is 1. The number of nitrogens with one attached hydrogen (secondary N) is 1. The Bertz CT molecular complexity index is 1100. The molecule has 1 saturated carbocycles. The third-order valence-electron chi connectivity index (χ3n) is 4.49. The summed E-state index contributed by atoms with van der Waals surface area (Å²) in [6.07, 6.45) is -0.432. The lowest BCUT2D eigenvalue weighted by Gasteiger charge is -2.09. The van der Waals surface area contributed by atoms with Gasteiger partial charge in [-0.25, -0.2) is 13.8 Å². The van der Waals surface area contributed by atoms with Crippen LogP contribution in [-0.4, -0.2) is 29.4 Å². The van der Waals surface area contributed by atoms with E-state index in [1.165, 1.54) is 0 Å². The molecular weight excluding hydrogens is 340 g/mol. The molecule has 0 aliphatic heterocycles. The van der Waals surface area contributed by atoms with E-state index < -0.39 is 12.2 Å². The minimum absolute atomic E-state index is 0.288. The van der Waals surface area contributed by atoms with Gasteiger partial charge in [-0.15, -0.1) is 15.3 Å². The zero-order valence-electron chi connectivity index (χ0n) is 13.7. The molecular formula is C17H15F2N7. The van der Waals surface area contributed by atoms with Gasteiger partial charge in [-0.1, -0.05) is 12.1 Å². The molecule has 4 aromatic rings. The SMILES string of the molecule is FC(F)c1nnc2ccc(NCc3nc4ccccc4n3C3CC3)nn12. The molecule has 1 aliphatic rings. The molecule has 9 heteroatoms. The van der Waals surface area contributed by atoms with Crippen molar-refractivity contribution in [3.05, 3.63) is 48.0 Å². The van der Waals surface area contributed by atoms with E-state index in [-0.39, 0.29) is 5.65 Å². The lowest BCUT2D eigenvalue weighted by Crippen LogP contribution is -2.10. The third kappa shape index (κ3) is 2.47. The molecule has 26 heavy (non-hydrogen) atoms. The number of aromatic nitrogens is 6. The van der Waals surface area contributed by atoms with Crippen molar-refractivity contribution >= 4 is 22.5 Å². The average Bonchev–Trinajstić information content (AvgIpc) is 3.27. The van der Waals surface area contributed by atoms with Crippen molar-refractivity contribution in [1.82, 2.24) is 29.4 Å². The van der Waals surface area contributed by atoms with Crippen molar-refractivity contribution in [3.8, 4) is 0 Å². The maximum Gasteiger partial charge on any atom is 0.299 e. The number of anilines is 1. The molecule has 132 valence electrons. The molecule has 0 radical (unpaired) electrons. The number of hydrogen-bond acceptors (Lipinski definition) is 5. The van der Waals surface area contributed by atoms with Crippen LogP contribution in [0.3, 0.4) is 0 Å². The van der Waals surface area contributed by atoms with E-state index in [1.54, 1.807) is 12.1 Å². The van der Waals surface area contributed by atoms with Gasteiger partial charge >= 0.3 is 0 Å². The van der Waals surface area contributed by atoms with E-state index >= 15 is 0 Å². The Hall–Kier alpha value is -3.10. The highest BCUT2D eigenvalue weighted by Crippen LogP contribution is 2.38. The molecule has 7 nitrogen and oxygen atoms in total. The second-order valence-corrected chi connectivity index (χ2v) is 6.32. The lowest BCUT2D eigenvalue weighted by atomic mass is 10.3. The molecule has 0 bridgehead atoms. The van der Waals surface area contributed by atoms with E-state index in [0.29, 0.717) is 18.4 Å². The van der Waals surface area contributed by atoms with Crippen molar-refractivity contribution in [3.63, 3.8) is 0 Å². The first-order valence-corrected chi connectivity index (χ1v) is 8.41. The molecule has 1 aromatic carbocycles. The minimum Gasteiger partial charge on any atom is -0.361 e. The van der Waals surface area contributed by atoms with Gasteiger partial charge in [0.1, 0.15) is 11.6 Å². The van der Waals surface area contributed by atoms with Gasteiger partial charge in [-0.3, -0.25) is 0 Å². The number of fused-ring (bicyclic) bond motifs is 2. The van der Waals surface area contributed by atoms with Gasteiger partial charge in [0.25, 0.3) is 6.43 Å². The zero-order valence-corrected chi connectivity index (χ0v) is 13.7. The van der Waals surface area contributed by atoms with Crippen LogP contribution in [0.25, 0.3) is 16.7 Å². The monoisotopic (exact) mass is 355 g/mol. The quantitative estimate of drug-likeness (QED) is 0.594. The summed E-state index contributed by atoms with van der Waals surface area (Å²) in [5.41, 5.74) is 2.36. The van der Waals surface area contributed by atoms with Crippen molar-refractivity contribution in [1.29, 1.82) is 0 Å². The van der Waals surface area contributed by atoms with E-state index in [4.69, 9.17) is 4.98 Å². The Morgan fingerprint density at radius 1 is 1.12 bits per heavy atom. The summed E-state index contributed by atoms with van der Waals surface area (Å²) < 4.78 is 29.3. The zero-order chi connectivity index (χ0) is 17.7. The Labute approximate surface area is 146 Å². The summed E-state index contributed by atoms with van der Waals surface area (Å²) in [4.78, 5) is 4.71. The van der Waals surface area contributed by atoms with Crippen molar-refractivity contribution in [2.75, 3.05) is 5.32 Å². The molecule has 0 amide bonds. The topological polar surface area (TPSA) is 72.9 Å². The molecule has 0 unspecified atom stereocenters. The van der Waals surface area contributed by atoms with Crippen LogP contribution in [0.15, 0.2) is 36.4 Å². The summed E-state index contributed by atoms with van der Waals surface area (Å²) >= 11 is 0. The van der Waals surface area contributed by atoms with Gasteiger partial charge in [0, 0.05) is 6.04 Å². The van der Waals surface area contributed by atoms with Gasteiger partial charge in [0.2, 0.25) is 5.82 Å². The highest BCUT2D eigenvalue weighted by atomic mass is 19.3. The Morgan fingerprint density at radius 3 is 2.77 bits per heavy atom. The Kier molecular flexibility index (Phi) is 3.34. The van der Waals surface area contributed by atoms with E-state index in [1.807, 2.05) is 18.2 Å². The van der Waals surface area contributed by atoms with Gasteiger partial charge in [0.15, 0.2) is 5.65 Å². The second kappa shape index (κ2) is 5.72. The van der Waals surface area contributed by atoms with Crippen molar-refractivity contribution < 1.29 is 8.78 Å². The van der Waals surface area contributed by atoms with Gasteiger partial charge < -0.3 is 9.88 Å². The van der Waals surface area contributed by atoms with Crippen LogP contribution in [0.4, 0.5) is 14.6 Å². The largest absolute Gasteiger partial charge is 0.361 e. The first-order valence-electron chi connectivity index (χ1n) is 8.41. The Morgan fingerprint density at radius 2 is 1.96 bits per heavy atom. The normalized spacial score (nSPS) is 14.6. The summed E-state index contributed by atoms with van der Waals surface area (Å²) in [7, 11) is 0. The maximum absolute atomic E-state index is 13.0. The van der Waals surface area contributed by atoms with Crippen molar-refractivity contribution in [2.45, 2.75) is 31.9 Å². The predicted molar refractivity (Wildman–Crippen MR) is 91.1 cm³/mol. The highest BCUT2D eigenvalue weighted by molar-refractivity contribution is 5.76. The van der Waals surface area contributed by atoms with Gasteiger partial charge in [-0.05, 0) is 37.1 Å². The van der Waals surface area contributed by atoms with Crippen LogP contribution in [0.5, 0.6) is 0 Å². The van der Waals surface area contributed by atoms with Crippen LogP contribution in [0.2, 0.25) is 0 Å². The number of para-hydroxylation sites is 2. The summed E-state index contributed by atoms with van der Waals surface area (Å²) in [5.74, 6) is 0.913. The van der Waals surface area contributed by atoms with Gasteiger partial charge in [0.05, 0.1) is 17.6 Å². The number of imidazole rings is 1. The summed E-state index contributed by atoms with van der Waals surface area (Å²) in [5, 5.41) is 14.5. The molecule has 0 saturated heterocycles. The Balaban J connectivity index is 1.46. The first kappa shape index (κ1) is 15.2. The number of alkyl halides is 2. The average molecular weight is 355 g/mol. The third-order valence-corrected chi connectivity index (χ3v) is 4.49. The first-order chi connectivity index (χ1) is 12.7. The summed E-state index contributed by atoms with van der Waals surface area (Å²) in [6.45, 7) is 0.454. The number of benzene rings is 1. The van der Waals surface area contributed by atoms with Gasteiger partial charge in [-0.2, -0.15) is 4.52 Å². The van der Waals surface area contributed by atoms with Crippen LogP contribution < -0.4 is 5.32 Å². The fourth-order valence-electron chi connectivity index (χ4n) is 3.16. The van der Waals surface area contributed by atoms with E-state index in [9.17, 15) is 8.78 Å². The smallest absolute Gasteiger partial charge is 0.299 e. The number of nitrogens with zero attached hydrogens (tertiary/aromatic N) is 6. The fourth-order valence-corrected chi connectivity index (χ4v) is 3.16. The fraction of sp³-hybridized carbons (Fsp3) is 0.294. The van der Waals surface area contributed by atoms with Crippen LogP contribution in [0, 0.1) is 0 Å². The molecule has 5 rings (SSSR count). The molecule has 0 atom stereocenters. The van der Waals surface area contributed by atoms with Crippen LogP contribution in [0.1, 0.15) is 37.0 Å². The van der Waals surface area contributed by atoms with Crippen molar-refractivity contribution in [2.24, 2.45) is 0 Å². The number of rotatable bonds is 5. The highest BCUT2D eigenvalue weighted by Gasteiger charge is 2.28. The van der Waals surface area contributed by atoms with Crippen LogP contribution >= 0.6 is 0 Å². The number of halogens is 2. The second-order valence-electron chi connectivity index (χ2n) is 6.32. The van der Waals surface area contributed by atoms with E-state index in [0.717, 1.165) is 34.2 Å². The maximum atomic E-state index is 13.0. The standard InChI is InChI=1S/C17H15F2N7/c18-16(19)17-23-22-14-8-7-13(24-26(14)17)20-9-15-21-11-3-1-2-4-12(11)25(15)10-5-6-10/h1-4,7-8,10,16H,5-6,9H2,(H,20,24). The molecule has 0 spiro atoms. The molecule has 1 aliphatic carbocycles. The molecule has 1 fully saturated rings. The molecule has 3 aromatic heterocycles. The van der Waals surface area contributed by atoms with Crippen LogP contribution in [-0.2, 0) is 6.54 Å². The minimum atomic E-state index is -2.73. The summed E-state index contributed by atoms with van der Waals surface area (Å²) in [6, 6.07) is 11.8. The molecule has 1 N–H and O–H groups in total. The predicted octanol–water partition coefficient (Wildman–Crippen LogP) is 3.36. The molecule has 3 heterocycles.